The van der Waals surface area contributed by atoms with E-state index in [2.05, 4.69) is 33.9 Å². The molecule has 254 valence electrons. The lowest BCUT2D eigenvalue weighted by molar-refractivity contribution is -0.151. The highest BCUT2D eigenvalue weighted by Gasteiger charge is 2.40. The maximum absolute atomic E-state index is 13.1. The average Bonchev–Trinajstić information content (AvgIpc) is 3.42. The molecule has 0 unspecified atom stereocenters. The van der Waals surface area contributed by atoms with Crippen molar-refractivity contribution in [3.05, 3.63) is 0 Å². The van der Waals surface area contributed by atoms with Gasteiger partial charge in [-0.25, -0.2) is 4.79 Å². The van der Waals surface area contributed by atoms with Gasteiger partial charge in [0.1, 0.15) is 30.2 Å². The summed E-state index contributed by atoms with van der Waals surface area (Å²) in [6.45, 7) is 4.84. The molecule has 10 N–H and O–H groups in total. The fraction of sp³-hybridized carbons (Fsp3) is 0.692. The number of nitrogens with two attached hydrogens (primary N) is 1. The summed E-state index contributed by atoms with van der Waals surface area (Å²) in [5.41, 5.74) is 5.83. The summed E-state index contributed by atoms with van der Waals surface area (Å²) < 4.78 is 0. The van der Waals surface area contributed by atoms with Gasteiger partial charge in [-0.05, 0) is 32.1 Å². The van der Waals surface area contributed by atoms with E-state index in [1.807, 2.05) is 13.8 Å². The topological polar surface area (TPSA) is 295 Å². The zero-order valence-electron chi connectivity index (χ0n) is 25.1. The van der Waals surface area contributed by atoms with Gasteiger partial charge < -0.3 is 52.3 Å². The summed E-state index contributed by atoms with van der Waals surface area (Å²) in [6, 6.07) is -8.98. The van der Waals surface area contributed by atoms with Crippen LogP contribution in [0.2, 0.25) is 0 Å². The number of hydrogen-bond donors (Lipinski definition) is 10. The van der Waals surface area contributed by atoms with Crippen LogP contribution in [-0.4, -0.2) is 127 Å². The highest BCUT2D eigenvalue weighted by Crippen LogP contribution is 2.19. The molecule has 1 aliphatic rings. The molecule has 45 heavy (non-hydrogen) atoms. The summed E-state index contributed by atoms with van der Waals surface area (Å²) in [6.07, 6.45) is -2.73. The van der Waals surface area contributed by atoms with Gasteiger partial charge >= 0.3 is 17.9 Å². The molecule has 18 nitrogen and oxygen atoms in total. The monoisotopic (exact) mass is 662 g/mol. The molecular weight excluding hydrogens is 620 g/mol. The van der Waals surface area contributed by atoms with Crippen LogP contribution in [0.1, 0.15) is 52.9 Å². The minimum absolute atomic E-state index is 0.0159. The Balaban J connectivity index is 3.09. The van der Waals surface area contributed by atoms with Gasteiger partial charge in [-0.3, -0.25) is 33.6 Å². The third-order valence-electron chi connectivity index (χ3n) is 6.77. The highest BCUT2D eigenvalue weighted by molar-refractivity contribution is 7.80. The number of carbonyl (C=O) groups excluding carboxylic acids is 5. The number of nitrogens with zero attached hydrogens (tertiary/aromatic N) is 1. The van der Waals surface area contributed by atoms with Crippen LogP contribution >= 0.6 is 12.6 Å². The Morgan fingerprint density at radius 2 is 1.31 bits per heavy atom. The van der Waals surface area contributed by atoms with Gasteiger partial charge in [-0.2, -0.15) is 12.6 Å². The zero-order valence-corrected chi connectivity index (χ0v) is 26.0. The number of hydrogen-bond acceptors (Lipinski definition) is 11. The number of aliphatic hydroxyl groups is 1. The summed E-state index contributed by atoms with van der Waals surface area (Å²) >= 11 is 4.00. The number of aliphatic hydroxyl groups excluding tert-OH is 1. The van der Waals surface area contributed by atoms with Crippen LogP contribution in [0.25, 0.3) is 0 Å². The quantitative estimate of drug-likeness (QED) is 0.0642. The van der Waals surface area contributed by atoms with Crippen molar-refractivity contribution in [1.82, 2.24) is 26.2 Å². The molecule has 1 rings (SSSR count). The van der Waals surface area contributed by atoms with E-state index in [9.17, 15) is 58.8 Å². The number of amides is 5. The summed E-state index contributed by atoms with van der Waals surface area (Å²) in [7, 11) is 0. The maximum atomic E-state index is 13.1. The van der Waals surface area contributed by atoms with Gasteiger partial charge in [-0.1, -0.05) is 13.8 Å². The molecule has 1 heterocycles. The van der Waals surface area contributed by atoms with Crippen molar-refractivity contribution in [2.75, 3.05) is 12.3 Å². The summed E-state index contributed by atoms with van der Waals surface area (Å²) in [5.74, 6) is -9.91. The minimum Gasteiger partial charge on any atom is -0.481 e. The summed E-state index contributed by atoms with van der Waals surface area (Å²) in [4.78, 5) is 99.8. The number of likely N-dealkylation sites (tertiary alicyclic amines) is 1. The molecule has 0 aromatic carbocycles. The third-order valence-corrected chi connectivity index (χ3v) is 7.13. The van der Waals surface area contributed by atoms with E-state index in [0.29, 0.717) is 6.42 Å². The van der Waals surface area contributed by atoms with E-state index < -0.39 is 108 Å². The Hall–Kier alpha value is -3.97. The Morgan fingerprint density at radius 1 is 0.800 bits per heavy atom. The number of thiol groups is 1. The summed E-state index contributed by atoms with van der Waals surface area (Å²) in [5, 5.41) is 46.9. The van der Waals surface area contributed by atoms with E-state index in [1.165, 1.54) is 6.92 Å². The second-order valence-corrected chi connectivity index (χ2v) is 11.4. The van der Waals surface area contributed by atoms with Crippen molar-refractivity contribution in [3.8, 4) is 0 Å². The molecule has 1 fully saturated rings. The Bertz CT molecular complexity index is 1140. The largest absolute Gasteiger partial charge is 0.481 e. The van der Waals surface area contributed by atoms with Crippen LogP contribution < -0.4 is 27.0 Å². The van der Waals surface area contributed by atoms with E-state index in [1.54, 1.807) is 0 Å². The van der Waals surface area contributed by atoms with E-state index in [4.69, 9.17) is 5.73 Å². The van der Waals surface area contributed by atoms with Crippen LogP contribution in [0.4, 0.5) is 0 Å². The maximum Gasteiger partial charge on any atom is 0.326 e. The van der Waals surface area contributed by atoms with Crippen LogP contribution in [0.15, 0.2) is 0 Å². The lowest BCUT2D eigenvalue weighted by atomic mass is 10.0. The van der Waals surface area contributed by atoms with Crippen molar-refractivity contribution >= 4 is 60.1 Å². The van der Waals surface area contributed by atoms with Crippen LogP contribution in [0.3, 0.4) is 0 Å². The van der Waals surface area contributed by atoms with Crippen molar-refractivity contribution in [2.24, 2.45) is 11.7 Å². The molecular formula is C26H42N6O12S. The predicted octanol–water partition coefficient (Wildman–Crippen LogP) is -3.37. The fourth-order valence-corrected chi connectivity index (χ4v) is 4.78. The molecule has 0 aromatic heterocycles. The molecule has 0 aromatic rings. The SMILES string of the molecule is CC(C)C[C@H](N)C(=O)N[C@H](C(=O)N[C@@H](CS)C(=O)N[C@@H](CC(=O)O)C(=O)N[C@@H](CC(=O)O)C(=O)N1CCC[C@H]1C(=O)O)[C@@H](C)O. The number of carbonyl (C=O) groups is 8. The number of nitrogens with one attached hydrogen (secondary N) is 4. The first-order chi connectivity index (χ1) is 20.9. The van der Waals surface area contributed by atoms with Gasteiger partial charge in [0.15, 0.2) is 0 Å². The minimum atomic E-state index is -1.88. The second kappa shape index (κ2) is 18.1. The van der Waals surface area contributed by atoms with Gasteiger partial charge in [0.2, 0.25) is 29.5 Å². The Morgan fingerprint density at radius 3 is 1.80 bits per heavy atom. The normalized spacial score (nSPS) is 18.5. The van der Waals surface area contributed by atoms with Gasteiger partial charge in [-0.15, -0.1) is 0 Å². The third kappa shape index (κ3) is 12.5. The van der Waals surface area contributed by atoms with Crippen molar-refractivity contribution in [1.29, 1.82) is 0 Å². The lowest BCUT2D eigenvalue weighted by Crippen LogP contribution is -2.61. The number of carboxylic acid groups (broad SMARTS) is 3. The molecule has 0 bridgehead atoms. The lowest BCUT2D eigenvalue weighted by Gasteiger charge is -2.28. The van der Waals surface area contributed by atoms with E-state index >= 15 is 0 Å². The molecule has 1 saturated heterocycles. The molecule has 0 saturated carbocycles. The molecule has 1 aliphatic heterocycles. The first-order valence-corrected chi connectivity index (χ1v) is 14.8. The first kappa shape index (κ1) is 39.1. The van der Waals surface area contributed by atoms with Gasteiger partial charge in [0.25, 0.3) is 0 Å². The van der Waals surface area contributed by atoms with Crippen molar-refractivity contribution in [2.45, 2.75) is 95.2 Å². The number of carboxylic acids is 3. The average molecular weight is 663 g/mol. The number of aliphatic carboxylic acids is 3. The van der Waals surface area contributed by atoms with Crippen LogP contribution in [0.5, 0.6) is 0 Å². The van der Waals surface area contributed by atoms with Gasteiger partial charge in [0.05, 0.1) is 25.0 Å². The molecule has 0 aliphatic carbocycles. The van der Waals surface area contributed by atoms with E-state index in [0.717, 1.165) is 4.90 Å². The fourth-order valence-electron chi connectivity index (χ4n) is 4.53. The highest BCUT2D eigenvalue weighted by atomic mass is 32.1. The second-order valence-electron chi connectivity index (χ2n) is 11.1. The molecule has 7 atom stereocenters. The molecule has 0 radical (unpaired) electrons. The molecule has 19 heteroatoms. The standard InChI is InChI=1S/C26H42N6O12S/c1-11(2)7-13(27)21(38)31-20(12(3)33)24(41)30-16(10-45)23(40)28-14(8-18(34)35)22(39)29-15(9-19(36)37)25(42)32-6-4-5-17(32)26(43)44/h11-17,20,33,45H,4-10,27H2,1-3H3,(H,28,40)(H,29,39)(H,30,41)(H,31,38)(H,34,35)(H,36,37)(H,43,44)/t12-,13+,14+,15+,16+,17+,20+/m1/s1. The Kier molecular flexibility index (Phi) is 15.7. The van der Waals surface area contributed by atoms with Crippen molar-refractivity contribution in [3.63, 3.8) is 0 Å². The van der Waals surface area contributed by atoms with Crippen molar-refractivity contribution < 1.29 is 58.8 Å². The van der Waals surface area contributed by atoms with E-state index in [-0.39, 0.29) is 25.3 Å². The first-order valence-electron chi connectivity index (χ1n) is 14.1. The predicted molar refractivity (Wildman–Crippen MR) is 158 cm³/mol. The zero-order chi connectivity index (χ0) is 34.6. The van der Waals surface area contributed by atoms with Gasteiger partial charge in [0, 0.05) is 12.3 Å². The Labute approximate surface area is 264 Å². The number of rotatable bonds is 18. The van der Waals surface area contributed by atoms with Crippen LogP contribution in [0, 0.1) is 5.92 Å². The van der Waals surface area contributed by atoms with Crippen LogP contribution in [-0.2, 0) is 38.4 Å². The smallest absolute Gasteiger partial charge is 0.326 e. The molecule has 5 amide bonds. The molecule has 0 spiro atoms.